The first-order valence-electron chi connectivity index (χ1n) is 11.1. The summed E-state index contributed by atoms with van der Waals surface area (Å²) in [7, 11) is 0. The van der Waals surface area contributed by atoms with Crippen molar-refractivity contribution in [2.45, 2.75) is 59.8 Å². The van der Waals surface area contributed by atoms with Gasteiger partial charge in [0.15, 0.2) is 0 Å². The van der Waals surface area contributed by atoms with Gasteiger partial charge in [-0.25, -0.2) is 4.79 Å². The number of nitrogens with zero attached hydrogens (tertiary/aromatic N) is 1. The second-order valence-corrected chi connectivity index (χ2v) is 9.15. The summed E-state index contributed by atoms with van der Waals surface area (Å²) in [4.78, 5) is 14.7. The van der Waals surface area contributed by atoms with E-state index in [1.165, 1.54) is 37.7 Å². The van der Waals surface area contributed by atoms with E-state index >= 15 is 0 Å². The van der Waals surface area contributed by atoms with Crippen LogP contribution in [0, 0.1) is 11.3 Å². The maximum Gasteiger partial charge on any atom is 0.377 e. The topological polar surface area (TPSA) is 70.9 Å². The summed E-state index contributed by atoms with van der Waals surface area (Å²) in [6.45, 7) is 11.2. The van der Waals surface area contributed by atoms with E-state index in [0.29, 0.717) is 5.89 Å². The number of aromatic nitrogens is 2. The SMILES string of the molecule is CC(/C=C/C1=C(C2CCNCC2)CCCC1(C)C)=C\C=C\C(C)=C\c1nc(=O)[nH]o1. The summed E-state index contributed by atoms with van der Waals surface area (Å²) in [5, 5.41) is 5.69. The Labute approximate surface area is 179 Å². The summed E-state index contributed by atoms with van der Waals surface area (Å²) >= 11 is 0. The molecule has 5 nitrogen and oxygen atoms in total. The molecule has 2 aliphatic rings. The summed E-state index contributed by atoms with van der Waals surface area (Å²) in [5.41, 5.74) is 5.21. The van der Waals surface area contributed by atoms with Crippen LogP contribution < -0.4 is 11.0 Å². The molecule has 0 atom stereocenters. The van der Waals surface area contributed by atoms with Crippen LogP contribution in [0.3, 0.4) is 0 Å². The van der Waals surface area contributed by atoms with E-state index in [1.54, 1.807) is 17.2 Å². The molecule has 3 rings (SSSR count). The molecule has 1 aliphatic carbocycles. The highest BCUT2D eigenvalue weighted by Gasteiger charge is 2.31. The molecular formula is C25H35N3O2. The molecule has 1 fully saturated rings. The minimum Gasteiger partial charge on any atom is -0.357 e. The molecule has 0 amide bonds. The predicted molar refractivity (Wildman–Crippen MR) is 123 cm³/mol. The van der Waals surface area contributed by atoms with E-state index < -0.39 is 5.69 Å². The predicted octanol–water partition coefficient (Wildman–Crippen LogP) is 5.33. The third-order valence-electron chi connectivity index (χ3n) is 6.19. The molecule has 1 saturated heterocycles. The van der Waals surface area contributed by atoms with Crippen molar-refractivity contribution in [2.75, 3.05) is 13.1 Å². The highest BCUT2D eigenvalue weighted by Crippen LogP contribution is 2.44. The van der Waals surface area contributed by atoms with Crippen molar-refractivity contribution in [3.8, 4) is 0 Å². The van der Waals surface area contributed by atoms with Crippen molar-refractivity contribution in [1.29, 1.82) is 0 Å². The highest BCUT2D eigenvalue weighted by molar-refractivity contribution is 5.47. The molecule has 30 heavy (non-hydrogen) atoms. The molecule has 0 saturated carbocycles. The van der Waals surface area contributed by atoms with Gasteiger partial charge in [0, 0.05) is 6.08 Å². The lowest BCUT2D eigenvalue weighted by Gasteiger charge is -2.38. The van der Waals surface area contributed by atoms with Gasteiger partial charge in [0.05, 0.1) is 0 Å². The van der Waals surface area contributed by atoms with Crippen LogP contribution >= 0.6 is 0 Å². The van der Waals surface area contributed by atoms with Gasteiger partial charge in [-0.1, -0.05) is 55.4 Å². The van der Waals surface area contributed by atoms with Crippen LogP contribution in [0.4, 0.5) is 0 Å². The molecular weight excluding hydrogens is 374 g/mol. The van der Waals surface area contributed by atoms with Gasteiger partial charge in [-0.3, -0.25) is 0 Å². The van der Waals surface area contributed by atoms with Crippen LogP contribution in [0.15, 0.2) is 62.0 Å². The Morgan fingerprint density at radius 3 is 2.63 bits per heavy atom. The molecule has 0 bridgehead atoms. The Morgan fingerprint density at radius 1 is 1.17 bits per heavy atom. The molecule has 162 valence electrons. The van der Waals surface area contributed by atoms with Crippen molar-refractivity contribution >= 4 is 6.08 Å². The molecule has 1 aromatic heterocycles. The van der Waals surface area contributed by atoms with E-state index in [2.05, 4.69) is 54.5 Å². The quantitative estimate of drug-likeness (QED) is 0.623. The Hall–Kier alpha value is -2.40. The van der Waals surface area contributed by atoms with Crippen LogP contribution in [0.25, 0.3) is 6.08 Å². The first-order valence-corrected chi connectivity index (χ1v) is 11.1. The Kier molecular flexibility index (Phi) is 7.48. The molecule has 0 unspecified atom stereocenters. The normalized spacial score (nSPS) is 21.9. The lowest BCUT2D eigenvalue weighted by molar-refractivity contribution is 0.336. The third kappa shape index (κ3) is 6.05. The van der Waals surface area contributed by atoms with Crippen molar-refractivity contribution < 1.29 is 4.52 Å². The fraction of sp³-hybridized carbons (Fsp3) is 0.520. The zero-order valence-corrected chi connectivity index (χ0v) is 18.8. The molecule has 0 aromatic carbocycles. The van der Waals surface area contributed by atoms with Gasteiger partial charge in [-0.2, -0.15) is 10.1 Å². The van der Waals surface area contributed by atoms with Gasteiger partial charge in [0.1, 0.15) is 0 Å². The minimum absolute atomic E-state index is 0.248. The number of piperidine rings is 1. The van der Waals surface area contributed by atoms with Crippen LogP contribution in [-0.2, 0) is 0 Å². The van der Waals surface area contributed by atoms with Gasteiger partial charge in [-0.05, 0) is 81.5 Å². The fourth-order valence-electron chi connectivity index (χ4n) is 4.52. The Bertz CT molecular complexity index is 932. The molecule has 1 aliphatic heterocycles. The maximum atomic E-state index is 11.0. The molecule has 2 heterocycles. The second kappa shape index (κ2) is 10.1. The van der Waals surface area contributed by atoms with E-state index in [-0.39, 0.29) is 5.41 Å². The lowest BCUT2D eigenvalue weighted by atomic mass is 9.68. The number of allylic oxidation sites excluding steroid dienone is 9. The summed E-state index contributed by atoms with van der Waals surface area (Å²) in [6.07, 6.45) is 18.8. The van der Waals surface area contributed by atoms with Crippen molar-refractivity contribution in [1.82, 2.24) is 15.5 Å². The number of hydrogen-bond acceptors (Lipinski definition) is 4. The fourth-order valence-corrected chi connectivity index (χ4v) is 4.52. The number of hydrogen-bond donors (Lipinski definition) is 2. The average Bonchev–Trinajstić information content (AvgIpc) is 3.11. The lowest BCUT2D eigenvalue weighted by Crippen LogP contribution is -2.31. The number of aromatic amines is 1. The summed E-state index contributed by atoms with van der Waals surface area (Å²) < 4.78 is 4.95. The first kappa shape index (κ1) is 22.3. The molecule has 2 N–H and O–H groups in total. The van der Waals surface area contributed by atoms with E-state index in [0.717, 1.165) is 24.6 Å². The van der Waals surface area contributed by atoms with Gasteiger partial charge in [-0.15, -0.1) is 0 Å². The third-order valence-corrected chi connectivity index (χ3v) is 6.19. The number of H-pyrrole nitrogens is 1. The second-order valence-electron chi connectivity index (χ2n) is 9.15. The van der Waals surface area contributed by atoms with Gasteiger partial charge in [0.25, 0.3) is 5.89 Å². The van der Waals surface area contributed by atoms with Gasteiger partial charge >= 0.3 is 5.69 Å². The summed E-state index contributed by atoms with van der Waals surface area (Å²) in [6, 6.07) is 0. The van der Waals surface area contributed by atoms with E-state index in [1.807, 2.05) is 19.1 Å². The van der Waals surface area contributed by atoms with Crippen LogP contribution in [-0.4, -0.2) is 23.2 Å². The van der Waals surface area contributed by atoms with Crippen molar-refractivity contribution in [3.05, 3.63) is 69.0 Å². The zero-order chi connectivity index (χ0) is 21.6. The van der Waals surface area contributed by atoms with E-state index in [9.17, 15) is 4.79 Å². The molecule has 0 spiro atoms. The average molecular weight is 410 g/mol. The van der Waals surface area contributed by atoms with E-state index in [4.69, 9.17) is 4.52 Å². The van der Waals surface area contributed by atoms with Gasteiger partial charge < -0.3 is 9.84 Å². The number of nitrogens with one attached hydrogen (secondary N) is 2. The Morgan fingerprint density at radius 2 is 1.93 bits per heavy atom. The molecule has 0 radical (unpaired) electrons. The standard InChI is InChI=1S/C25H35N3O2/c1-18(7-5-8-19(2)17-23-27-24(29)28-30-23)10-11-22-21(9-6-14-25(22,3)4)20-12-15-26-16-13-20/h5,7-8,10-11,17,20,26H,6,9,12-16H2,1-4H3,(H,28,29)/b8-5+,11-10+,18-7+,19-17+. The summed E-state index contributed by atoms with van der Waals surface area (Å²) in [5.74, 6) is 1.03. The number of rotatable bonds is 6. The molecule has 5 heteroatoms. The smallest absolute Gasteiger partial charge is 0.357 e. The van der Waals surface area contributed by atoms with Gasteiger partial charge in [0.2, 0.25) is 0 Å². The van der Waals surface area contributed by atoms with Crippen LogP contribution in [0.2, 0.25) is 0 Å². The highest BCUT2D eigenvalue weighted by atomic mass is 16.5. The first-order chi connectivity index (χ1) is 14.3. The van der Waals surface area contributed by atoms with Crippen LogP contribution in [0.5, 0.6) is 0 Å². The maximum absolute atomic E-state index is 11.0. The van der Waals surface area contributed by atoms with Crippen LogP contribution in [0.1, 0.15) is 65.7 Å². The zero-order valence-electron chi connectivity index (χ0n) is 18.8. The monoisotopic (exact) mass is 409 g/mol. The van der Waals surface area contributed by atoms with Crippen molar-refractivity contribution in [2.24, 2.45) is 11.3 Å². The van der Waals surface area contributed by atoms with Crippen molar-refractivity contribution in [3.63, 3.8) is 0 Å². The molecule has 1 aromatic rings. The minimum atomic E-state index is -0.470. The Balaban J connectivity index is 1.73. The largest absolute Gasteiger partial charge is 0.377 e.